The Morgan fingerprint density at radius 2 is 1.71 bits per heavy atom. The van der Waals surface area contributed by atoms with Crippen molar-refractivity contribution in [3.63, 3.8) is 0 Å². The smallest absolute Gasteiger partial charge is 0.259 e. The van der Waals surface area contributed by atoms with Gasteiger partial charge in [-0.05, 0) is 42.8 Å². The van der Waals surface area contributed by atoms with Gasteiger partial charge in [-0.25, -0.2) is 0 Å². The quantitative estimate of drug-likeness (QED) is 0.863. The highest BCUT2D eigenvalue weighted by atomic mass is 16.5. The van der Waals surface area contributed by atoms with E-state index in [4.69, 9.17) is 4.74 Å². The van der Waals surface area contributed by atoms with Crippen LogP contribution in [0.2, 0.25) is 0 Å². The zero-order valence-corrected chi connectivity index (χ0v) is 16.7. The first-order valence-corrected chi connectivity index (χ1v) is 9.61. The fraction of sp³-hybridized carbons (Fsp3) is 0.364. The zero-order chi connectivity index (χ0) is 20.1. The maximum absolute atomic E-state index is 12.6. The lowest BCUT2D eigenvalue weighted by atomic mass is 10.1. The third-order valence-corrected chi connectivity index (χ3v) is 5.09. The highest BCUT2D eigenvalue weighted by Gasteiger charge is 2.20. The lowest BCUT2D eigenvalue weighted by Gasteiger charge is -2.36. The monoisotopic (exact) mass is 381 g/mol. The molecular formula is C22H27N3O3. The van der Waals surface area contributed by atoms with Crippen molar-refractivity contribution >= 4 is 23.2 Å². The van der Waals surface area contributed by atoms with Gasteiger partial charge in [-0.3, -0.25) is 9.59 Å². The summed E-state index contributed by atoms with van der Waals surface area (Å²) in [5.74, 6) is 0.611. The van der Waals surface area contributed by atoms with Crippen LogP contribution in [0.5, 0.6) is 5.75 Å². The minimum Gasteiger partial charge on any atom is -0.496 e. The van der Waals surface area contributed by atoms with Gasteiger partial charge in [0.1, 0.15) is 5.75 Å². The Kier molecular flexibility index (Phi) is 6.19. The molecule has 0 spiro atoms. The van der Waals surface area contributed by atoms with E-state index in [-0.39, 0.29) is 11.8 Å². The van der Waals surface area contributed by atoms with Crippen LogP contribution in [-0.2, 0) is 4.79 Å². The summed E-state index contributed by atoms with van der Waals surface area (Å²) in [4.78, 5) is 28.6. The molecule has 6 heteroatoms. The van der Waals surface area contributed by atoms with Crippen LogP contribution in [0.15, 0.2) is 42.5 Å². The normalized spacial score (nSPS) is 14.0. The number of rotatable bonds is 5. The van der Waals surface area contributed by atoms with Gasteiger partial charge in [-0.1, -0.05) is 19.1 Å². The Bertz CT molecular complexity index is 841. The van der Waals surface area contributed by atoms with Crippen molar-refractivity contribution in [3.05, 3.63) is 53.6 Å². The summed E-state index contributed by atoms with van der Waals surface area (Å²) >= 11 is 0. The Labute approximate surface area is 166 Å². The van der Waals surface area contributed by atoms with E-state index in [1.807, 2.05) is 55.1 Å². The van der Waals surface area contributed by atoms with Gasteiger partial charge < -0.3 is 19.9 Å². The lowest BCUT2D eigenvalue weighted by molar-refractivity contribution is -0.131. The van der Waals surface area contributed by atoms with Crippen molar-refractivity contribution in [2.75, 3.05) is 43.5 Å². The van der Waals surface area contributed by atoms with Crippen molar-refractivity contribution in [1.82, 2.24) is 4.90 Å². The number of aryl methyl sites for hydroxylation is 1. The van der Waals surface area contributed by atoms with E-state index in [2.05, 4.69) is 10.2 Å². The SMILES string of the molecule is CCC(=O)N1CCN(c2ccc(NC(=O)c3cccc(C)c3OC)cc2)CC1. The number of anilines is 2. The predicted octanol–water partition coefficient (Wildman–Crippen LogP) is 3.31. The first kappa shape index (κ1) is 19.7. The summed E-state index contributed by atoms with van der Waals surface area (Å²) < 4.78 is 5.37. The van der Waals surface area contributed by atoms with E-state index in [1.54, 1.807) is 13.2 Å². The molecule has 1 aliphatic rings. The van der Waals surface area contributed by atoms with Crippen molar-refractivity contribution < 1.29 is 14.3 Å². The highest BCUT2D eigenvalue weighted by molar-refractivity contribution is 6.06. The summed E-state index contributed by atoms with van der Waals surface area (Å²) in [5, 5.41) is 2.93. The van der Waals surface area contributed by atoms with Crippen LogP contribution in [0.3, 0.4) is 0 Å². The Morgan fingerprint density at radius 1 is 1.04 bits per heavy atom. The fourth-order valence-corrected chi connectivity index (χ4v) is 3.49. The molecule has 2 aromatic rings. The Hall–Kier alpha value is -3.02. The van der Waals surface area contributed by atoms with Crippen LogP contribution in [0.25, 0.3) is 0 Å². The number of methoxy groups -OCH3 is 1. The van der Waals surface area contributed by atoms with E-state index in [1.165, 1.54) is 0 Å². The van der Waals surface area contributed by atoms with Crippen molar-refractivity contribution in [1.29, 1.82) is 0 Å². The van der Waals surface area contributed by atoms with E-state index in [0.29, 0.717) is 17.7 Å². The molecule has 0 unspecified atom stereocenters. The van der Waals surface area contributed by atoms with Crippen LogP contribution in [-0.4, -0.2) is 50.0 Å². The number of benzene rings is 2. The zero-order valence-electron chi connectivity index (χ0n) is 16.7. The van der Waals surface area contributed by atoms with Gasteiger partial charge >= 0.3 is 0 Å². The maximum atomic E-state index is 12.6. The number of hydrogen-bond acceptors (Lipinski definition) is 4. The number of piperazine rings is 1. The molecule has 0 saturated carbocycles. The summed E-state index contributed by atoms with van der Waals surface area (Å²) in [6.45, 7) is 6.94. The molecule has 0 radical (unpaired) electrons. The minimum absolute atomic E-state index is 0.194. The molecule has 148 valence electrons. The number of nitrogens with zero attached hydrogens (tertiary/aromatic N) is 2. The van der Waals surface area contributed by atoms with Gasteiger partial charge in [0.15, 0.2) is 0 Å². The number of para-hydroxylation sites is 1. The van der Waals surface area contributed by atoms with Crippen molar-refractivity contribution in [2.45, 2.75) is 20.3 Å². The van der Waals surface area contributed by atoms with Gasteiger partial charge in [0.25, 0.3) is 5.91 Å². The molecule has 1 saturated heterocycles. The maximum Gasteiger partial charge on any atom is 0.259 e. The standard InChI is InChI=1S/C22H27N3O3/c1-4-20(26)25-14-12-24(13-15-25)18-10-8-17(9-11-18)23-22(27)19-7-5-6-16(2)21(19)28-3/h5-11H,4,12-15H2,1-3H3,(H,23,27). The van der Waals surface area contributed by atoms with Crippen molar-refractivity contribution in [3.8, 4) is 5.75 Å². The van der Waals surface area contributed by atoms with E-state index in [9.17, 15) is 9.59 Å². The second kappa shape index (κ2) is 8.78. The molecule has 1 heterocycles. The molecule has 0 atom stereocenters. The Morgan fingerprint density at radius 3 is 2.32 bits per heavy atom. The van der Waals surface area contributed by atoms with Gasteiger partial charge in [0, 0.05) is 44.0 Å². The highest BCUT2D eigenvalue weighted by Crippen LogP contribution is 2.25. The van der Waals surface area contributed by atoms with E-state index >= 15 is 0 Å². The fourth-order valence-electron chi connectivity index (χ4n) is 3.49. The average Bonchev–Trinajstić information content (AvgIpc) is 2.73. The average molecular weight is 381 g/mol. The largest absolute Gasteiger partial charge is 0.496 e. The van der Waals surface area contributed by atoms with Crippen LogP contribution < -0.4 is 15.0 Å². The van der Waals surface area contributed by atoms with Gasteiger partial charge in [0.05, 0.1) is 12.7 Å². The van der Waals surface area contributed by atoms with Crippen molar-refractivity contribution in [2.24, 2.45) is 0 Å². The van der Waals surface area contributed by atoms with Gasteiger partial charge in [-0.15, -0.1) is 0 Å². The number of nitrogens with one attached hydrogen (secondary N) is 1. The lowest BCUT2D eigenvalue weighted by Crippen LogP contribution is -2.48. The summed E-state index contributed by atoms with van der Waals surface area (Å²) in [5.41, 5.74) is 3.27. The number of hydrogen-bond donors (Lipinski definition) is 1. The molecule has 6 nitrogen and oxygen atoms in total. The van der Waals surface area contributed by atoms with E-state index in [0.717, 1.165) is 43.1 Å². The second-order valence-electron chi connectivity index (χ2n) is 6.88. The molecule has 0 aliphatic carbocycles. The van der Waals surface area contributed by atoms with Gasteiger partial charge in [0.2, 0.25) is 5.91 Å². The number of amides is 2. The molecule has 28 heavy (non-hydrogen) atoms. The molecule has 0 bridgehead atoms. The predicted molar refractivity (Wildman–Crippen MR) is 111 cm³/mol. The number of carbonyl (C=O) groups is 2. The molecule has 2 aromatic carbocycles. The van der Waals surface area contributed by atoms with Crippen LogP contribution >= 0.6 is 0 Å². The van der Waals surface area contributed by atoms with Crippen LogP contribution in [0, 0.1) is 6.92 Å². The Balaban J connectivity index is 1.63. The molecular weight excluding hydrogens is 354 g/mol. The molecule has 1 fully saturated rings. The second-order valence-corrected chi connectivity index (χ2v) is 6.88. The molecule has 0 aromatic heterocycles. The first-order chi connectivity index (χ1) is 13.5. The van der Waals surface area contributed by atoms with Crippen LogP contribution in [0.4, 0.5) is 11.4 Å². The summed E-state index contributed by atoms with van der Waals surface area (Å²) in [6, 6.07) is 13.3. The third-order valence-electron chi connectivity index (χ3n) is 5.09. The topological polar surface area (TPSA) is 61.9 Å². The molecule has 1 N–H and O–H groups in total. The molecule has 1 aliphatic heterocycles. The summed E-state index contributed by atoms with van der Waals surface area (Å²) in [6.07, 6.45) is 0.556. The number of ether oxygens (including phenoxy) is 1. The summed E-state index contributed by atoms with van der Waals surface area (Å²) in [7, 11) is 1.57. The number of carbonyl (C=O) groups excluding carboxylic acids is 2. The molecule has 3 rings (SSSR count). The van der Waals surface area contributed by atoms with Gasteiger partial charge in [-0.2, -0.15) is 0 Å². The third kappa shape index (κ3) is 4.27. The molecule has 2 amide bonds. The van der Waals surface area contributed by atoms with E-state index < -0.39 is 0 Å². The van der Waals surface area contributed by atoms with Crippen LogP contribution in [0.1, 0.15) is 29.3 Å². The first-order valence-electron chi connectivity index (χ1n) is 9.61. The minimum atomic E-state index is -0.194.